The van der Waals surface area contributed by atoms with Gasteiger partial charge >= 0.3 is 5.97 Å². The molecule has 1 rings (SSSR count). The molecule has 0 aliphatic carbocycles. The molecule has 0 saturated heterocycles. The van der Waals surface area contributed by atoms with Gasteiger partial charge in [-0.15, -0.1) is 0 Å². The number of benzene rings is 1. The molecule has 0 aromatic heterocycles. The number of carbonyl (C=O) groups excluding carboxylic acids is 1. The standard InChI is InChI=1S/C13H15FO4/c1-3-18-13(16)12(15)11(14)8-9-4-6-10(17-2)7-5-9/h4-8,12,15H,3H2,1-2H3/b11-8-. The Labute approximate surface area is 105 Å². The van der Waals surface area contributed by atoms with Crippen LogP contribution in [-0.4, -0.2) is 30.9 Å². The van der Waals surface area contributed by atoms with E-state index in [0.29, 0.717) is 11.3 Å². The maximum Gasteiger partial charge on any atom is 0.342 e. The lowest BCUT2D eigenvalue weighted by molar-refractivity contribution is -0.151. The first-order valence-corrected chi connectivity index (χ1v) is 5.44. The third-order valence-electron chi connectivity index (χ3n) is 2.19. The van der Waals surface area contributed by atoms with E-state index in [1.807, 2.05) is 0 Å². The molecule has 0 saturated carbocycles. The Morgan fingerprint density at radius 3 is 2.56 bits per heavy atom. The molecule has 1 unspecified atom stereocenters. The molecule has 1 aromatic carbocycles. The number of rotatable bonds is 5. The third-order valence-corrected chi connectivity index (χ3v) is 2.19. The van der Waals surface area contributed by atoms with E-state index in [1.54, 1.807) is 31.2 Å². The fourth-order valence-electron chi connectivity index (χ4n) is 1.27. The van der Waals surface area contributed by atoms with E-state index in [2.05, 4.69) is 4.74 Å². The zero-order valence-electron chi connectivity index (χ0n) is 10.2. The molecule has 5 heteroatoms. The summed E-state index contributed by atoms with van der Waals surface area (Å²) < 4.78 is 23.0. The van der Waals surface area contributed by atoms with E-state index in [-0.39, 0.29) is 6.61 Å². The SMILES string of the molecule is CCOC(=O)C(O)/C(F)=C/c1ccc(OC)cc1. The highest BCUT2D eigenvalue weighted by Gasteiger charge is 2.21. The van der Waals surface area contributed by atoms with Crippen molar-refractivity contribution in [3.05, 3.63) is 35.7 Å². The highest BCUT2D eigenvalue weighted by atomic mass is 19.1. The zero-order chi connectivity index (χ0) is 13.5. The summed E-state index contributed by atoms with van der Waals surface area (Å²) in [5.41, 5.74) is 0.511. The second-order valence-electron chi connectivity index (χ2n) is 3.46. The van der Waals surface area contributed by atoms with Crippen LogP contribution < -0.4 is 4.74 Å². The van der Waals surface area contributed by atoms with Crippen molar-refractivity contribution < 1.29 is 23.8 Å². The van der Waals surface area contributed by atoms with Gasteiger partial charge in [0.15, 0.2) is 0 Å². The van der Waals surface area contributed by atoms with Gasteiger partial charge in [0.2, 0.25) is 6.10 Å². The van der Waals surface area contributed by atoms with E-state index < -0.39 is 17.9 Å². The van der Waals surface area contributed by atoms with Crippen LogP contribution in [-0.2, 0) is 9.53 Å². The van der Waals surface area contributed by atoms with Crippen molar-refractivity contribution in [1.82, 2.24) is 0 Å². The number of aliphatic hydroxyl groups excluding tert-OH is 1. The molecule has 0 amide bonds. The van der Waals surface area contributed by atoms with E-state index in [9.17, 15) is 14.3 Å². The van der Waals surface area contributed by atoms with Crippen LogP contribution in [0.1, 0.15) is 12.5 Å². The maximum atomic E-state index is 13.5. The van der Waals surface area contributed by atoms with Crippen LogP contribution in [0, 0.1) is 0 Å². The number of ether oxygens (including phenoxy) is 2. The van der Waals surface area contributed by atoms with Crippen LogP contribution in [0.25, 0.3) is 6.08 Å². The van der Waals surface area contributed by atoms with Gasteiger partial charge in [0.1, 0.15) is 11.6 Å². The highest BCUT2D eigenvalue weighted by Crippen LogP contribution is 2.16. The lowest BCUT2D eigenvalue weighted by Crippen LogP contribution is -2.23. The molecule has 1 aromatic rings. The molecule has 98 valence electrons. The topological polar surface area (TPSA) is 55.8 Å². The summed E-state index contributed by atoms with van der Waals surface area (Å²) >= 11 is 0. The first-order valence-electron chi connectivity index (χ1n) is 5.44. The molecular formula is C13H15FO4. The Bertz CT molecular complexity index is 425. The minimum atomic E-state index is -1.88. The molecule has 1 N–H and O–H groups in total. The smallest absolute Gasteiger partial charge is 0.342 e. The number of halogens is 1. The van der Waals surface area contributed by atoms with Crippen molar-refractivity contribution in [2.75, 3.05) is 13.7 Å². The van der Waals surface area contributed by atoms with Crippen molar-refractivity contribution in [2.45, 2.75) is 13.0 Å². The summed E-state index contributed by atoms with van der Waals surface area (Å²) in [5, 5.41) is 9.34. The van der Waals surface area contributed by atoms with Crippen molar-refractivity contribution in [3.63, 3.8) is 0 Å². The number of hydrogen-bond acceptors (Lipinski definition) is 4. The second-order valence-corrected chi connectivity index (χ2v) is 3.46. The maximum absolute atomic E-state index is 13.5. The van der Waals surface area contributed by atoms with Gasteiger partial charge in [-0.3, -0.25) is 0 Å². The molecular weight excluding hydrogens is 239 g/mol. The van der Waals surface area contributed by atoms with Crippen LogP contribution >= 0.6 is 0 Å². The van der Waals surface area contributed by atoms with Crippen LogP contribution in [0.5, 0.6) is 5.75 Å². The molecule has 1 atom stereocenters. The number of esters is 1. The third kappa shape index (κ3) is 3.85. The molecule has 0 bridgehead atoms. The van der Waals surface area contributed by atoms with E-state index in [4.69, 9.17) is 4.74 Å². The predicted molar refractivity (Wildman–Crippen MR) is 64.7 cm³/mol. The summed E-state index contributed by atoms with van der Waals surface area (Å²) in [4.78, 5) is 11.1. The van der Waals surface area contributed by atoms with Crippen LogP contribution in [0.4, 0.5) is 4.39 Å². The van der Waals surface area contributed by atoms with Crippen molar-refractivity contribution in [2.24, 2.45) is 0 Å². The molecule has 0 aliphatic heterocycles. The van der Waals surface area contributed by atoms with Crippen molar-refractivity contribution in [3.8, 4) is 5.75 Å². The van der Waals surface area contributed by atoms with Crippen molar-refractivity contribution >= 4 is 12.0 Å². The molecule has 0 heterocycles. The van der Waals surface area contributed by atoms with Crippen LogP contribution in [0.15, 0.2) is 30.1 Å². The van der Waals surface area contributed by atoms with Crippen LogP contribution in [0.2, 0.25) is 0 Å². The average Bonchev–Trinajstić information content (AvgIpc) is 2.39. The molecule has 0 radical (unpaired) electrons. The van der Waals surface area contributed by atoms with Gasteiger partial charge in [0, 0.05) is 0 Å². The first kappa shape index (κ1) is 14.2. The Kier molecular flexibility index (Phi) is 5.32. The van der Waals surface area contributed by atoms with Gasteiger partial charge in [-0.25, -0.2) is 9.18 Å². The Morgan fingerprint density at radius 2 is 2.06 bits per heavy atom. The Balaban J connectivity index is 2.77. The fourth-order valence-corrected chi connectivity index (χ4v) is 1.27. The number of aliphatic hydroxyl groups is 1. The molecule has 0 fully saturated rings. The second kappa shape index (κ2) is 6.76. The molecule has 4 nitrogen and oxygen atoms in total. The number of hydrogen-bond donors (Lipinski definition) is 1. The summed E-state index contributed by atoms with van der Waals surface area (Å²) in [7, 11) is 1.52. The number of methoxy groups -OCH3 is 1. The van der Waals surface area contributed by atoms with Gasteiger partial charge in [-0.1, -0.05) is 12.1 Å². The van der Waals surface area contributed by atoms with Crippen molar-refractivity contribution in [1.29, 1.82) is 0 Å². The van der Waals surface area contributed by atoms with E-state index >= 15 is 0 Å². The Hall–Kier alpha value is -1.88. The lowest BCUT2D eigenvalue weighted by Gasteiger charge is -2.07. The summed E-state index contributed by atoms with van der Waals surface area (Å²) in [6.45, 7) is 1.67. The summed E-state index contributed by atoms with van der Waals surface area (Å²) in [6.07, 6.45) is -0.812. The highest BCUT2D eigenvalue weighted by molar-refractivity contribution is 5.79. The fraction of sp³-hybridized carbons (Fsp3) is 0.308. The Morgan fingerprint density at radius 1 is 1.44 bits per heavy atom. The minimum Gasteiger partial charge on any atom is -0.497 e. The molecule has 0 spiro atoms. The summed E-state index contributed by atoms with van der Waals surface area (Å²) in [5.74, 6) is -1.32. The average molecular weight is 254 g/mol. The monoisotopic (exact) mass is 254 g/mol. The number of carbonyl (C=O) groups is 1. The van der Waals surface area contributed by atoms with Crippen LogP contribution in [0.3, 0.4) is 0 Å². The van der Waals surface area contributed by atoms with Gasteiger partial charge in [0.25, 0.3) is 0 Å². The first-order chi connectivity index (χ1) is 8.58. The zero-order valence-corrected chi connectivity index (χ0v) is 10.2. The predicted octanol–water partition coefficient (Wildman–Crippen LogP) is 1.93. The lowest BCUT2D eigenvalue weighted by atomic mass is 10.1. The van der Waals surface area contributed by atoms with Gasteiger partial charge in [-0.2, -0.15) is 0 Å². The normalized spacial score (nSPS) is 13.0. The largest absolute Gasteiger partial charge is 0.497 e. The molecule has 0 aliphatic rings. The van der Waals surface area contributed by atoms with Gasteiger partial charge in [0.05, 0.1) is 13.7 Å². The van der Waals surface area contributed by atoms with Gasteiger partial charge in [-0.05, 0) is 30.7 Å². The summed E-state index contributed by atoms with van der Waals surface area (Å²) in [6, 6.07) is 6.51. The van der Waals surface area contributed by atoms with Gasteiger partial charge < -0.3 is 14.6 Å². The van der Waals surface area contributed by atoms with E-state index in [1.165, 1.54) is 7.11 Å². The minimum absolute atomic E-state index is 0.0890. The quantitative estimate of drug-likeness (QED) is 0.816. The van der Waals surface area contributed by atoms with E-state index in [0.717, 1.165) is 6.08 Å². The molecule has 18 heavy (non-hydrogen) atoms.